The minimum atomic E-state index is -3.76. The number of benzene rings is 1. The summed E-state index contributed by atoms with van der Waals surface area (Å²) in [6.45, 7) is 3.35. The van der Waals surface area contributed by atoms with Crippen molar-refractivity contribution in [2.24, 2.45) is 5.92 Å². The van der Waals surface area contributed by atoms with E-state index in [-0.39, 0.29) is 27.8 Å². The van der Waals surface area contributed by atoms with E-state index < -0.39 is 21.7 Å². The van der Waals surface area contributed by atoms with Crippen molar-refractivity contribution in [2.75, 3.05) is 0 Å². The number of sulfone groups is 1. The second kappa shape index (κ2) is 6.68. The maximum atomic E-state index is 12.9. The largest absolute Gasteiger partial charge is 0.423 e. The molecule has 0 N–H and O–H groups in total. The summed E-state index contributed by atoms with van der Waals surface area (Å²) in [7, 11) is -3.76. The Hall–Kier alpha value is -2.06. The summed E-state index contributed by atoms with van der Waals surface area (Å²) in [6, 6.07) is 6.88. The molecule has 0 radical (unpaired) electrons. The molecule has 130 valence electrons. The number of rotatable bonds is 3. The molecule has 1 aliphatic rings. The molecule has 3 rings (SSSR count). The van der Waals surface area contributed by atoms with Crippen molar-refractivity contribution < 1.29 is 17.9 Å². The molecule has 0 saturated heterocycles. The monoisotopic (exact) mass is 422 g/mol. The van der Waals surface area contributed by atoms with Gasteiger partial charge in [0.25, 0.3) is 0 Å². The van der Waals surface area contributed by atoms with Crippen LogP contribution in [0.15, 0.2) is 41.1 Å². The average Bonchev–Trinajstić information content (AvgIpc) is 2.55. The summed E-state index contributed by atoms with van der Waals surface area (Å²) >= 11 is 3.37. The number of halogens is 1. The standard InChI is InChI=1S/C17H15BrN2O4S/c1-10(2)17(21)24-15-14-13(19-7-8-20-14)9-25(22,23)16(15)11-5-3-4-6-12(11)18/h3-8,10H,9H2,1-2H3. The van der Waals surface area contributed by atoms with E-state index in [2.05, 4.69) is 25.9 Å². The Balaban J connectivity index is 2.34. The van der Waals surface area contributed by atoms with Gasteiger partial charge in [-0.05, 0) is 6.07 Å². The van der Waals surface area contributed by atoms with E-state index in [0.29, 0.717) is 10.0 Å². The van der Waals surface area contributed by atoms with Crippen LogP contribution in [0.2, 0.25) is 0 Å². The van der Waals surface area contributed by atoms with E-state index in [9.17, 15) is 13.2 Å². The minimum absolute atomic E-state index is 0.0537. The third-order valence-corrected chi connectivity index (χ3v) is 6.00. The number of fused-ring (bicyclic) bond motifs is 1. The van der Waals surface area contributed by atoms with Gasteiger partial charge in [0.15, 0.2) is 15.6 Å². The van der Waals surface area contributed by atoms with Crippen LogP contribution in [-0.2, 0) is 25.1 Å². The molecule has 25 heavy (non-hydrogen) atoms. The van der Waals surface area contributed by atoms with Crippen LogP contribution < -0.4 is 0 Å². The Kier molecular flexibility index (Phi) is 4.75. The van der Waals surface area contributed by atoms with Crippen LogP contribution in [0.1, 0.15) is 30.8 Å². The van der Waals surface area contributed by atoms with Gasteiger partial charge in [-0.3, -0.25) is 9.78 Å². The van der Waals surface area contributed by atoms with E-state index in [1.807, 2.05) is 0 Å². The first-order valence-corrected chi connectivity index (χ1v) is 9.99. The molecule has 0 saturated carbocycles. The Morgan fingerprint density at radius 3 is 2.56 bits per heavy atom. The average molecular weight is 423 g/mol. The van der Waals surface area contributed by atoms with E-state index in [0.717, 1.165) is 0 Å². The number of nitrogens with zero attached hydrogens (tertiary/aromatic N) is 2. The zero-order valence-corrected chi connectivity index (χ0v) is 16.0. The first kappa shape index (κ1) is 17.8. The minimum Gasteiger partial charge on any atom is -0.423 e. The molecular formula is C17H15BrN2O4S. The van der Waals surface area contributed by atoms with Crippen LogP contribution in [-0.4, -0.2) is 24.4 Å². The molecule has 2 heterocycles. The fourth-order valence-corrected chi connectivity index (χ4v) is 4.68. The summed E-state index contributed by atoms with van der Waals surface area (Å²) < 4.78 is 31.9. The van der Waals surface area contributed by atoms with Crippen molar-refractivity contribution in [2.45, 2.75) is 19.6 Å². The molecule has 2 aromatic rings. The van der Waals surface area contributed by atoms with Gasteiger partial charge in [0.05, 0.1) is 17.4 Å². The van der Waals surface area contributed by atoms with E-state index >= 15 is 0 Å². The molecule has 0 unspecified atom stereocenters. The maximum absolute atomic E-state index is 12.9. The fourth-order valence-electron chi connectivity index (χ4n) is 2.41. The molecule has 1 aromatic heterocycles. The molecule has 0 atom stereocenters. The Bertz CT molecular complexity index is 984. The lowest BCUT2D eigenvalue weighted by Gasteiger charge is -2.22. The molecule has 0 aliphatic carbocycles. The zero-order valence-electron chi connectivity index (χ0n) is 13.6. The maximum Gasteiger partial charge on any atom is 0.313 e. The van der Waals surface area contributed by atoms with Gasteiger partial charge in [-0.15, -0.1) is 0 Å². The number of esters is 1. The van der Waals surface area contributed by atoms with Crippen molar-refractivity contribution >= 4 is 42.4 Å². The van der Waals surface area contributed by atoms with Crippen molar-refractivity contribution in [3.63, 3.8) is 0 Å². The predicted molar refractivity (Wildman–Crippen MR) is 96.5 cm³/mol. The molecule has 8 heteroatoms. The summed E-state index contributed by atoms with van der Waals surface area (Å²) in [6.07, 6.45) is 2.86. The summed E-state index contributed by atoms with van der Waals surface area (Å²) in [5.74, 6) is -1.32. The highest BCUT2D eigenvalue weighted by molar-refractivity contribution is 9.10. The number of ether oxygens (including phenoxy) is 1. The smallest absolute Gasteiger partial charge is 0.313 e. The molecule has 0 bridgehead atoms. The van der Waals surface area contributed by atoms with Gasteiger partial charge < -0.3 is 4.74 Å². The van der Waals surface area contributed by atoms with Crippen molar-refractivity contribution in [3.8, 4) is 0 Å². The Morgan fingerprint density at radius 2 is 1.88 bits per heavy atom. The van der Waals surface area contributed by atoms with Gasteiger partial charge in [0.2, 0.25) is 0 Å². The highest BCUT2D eigenvalue weighted by atomic mass is 79.9. The summed E-state index contributed by atoms with van der Waals surface area (Å²) in [5, 5.41) is 0. The molecule has 0 fully saturated rings. The predicted octanol–water partition coefficient (Wildman–Crippen LogP) is 3.19. The number of carbonyl (C=O) groups is 1. The number of hydrogen-bond acceptors (Lipinski definition) is 6. The van der Waals surface area contributed by atoms with Crippen molar-refractivity contribution in [1.82, 2.24) is 9.97 Å². The van der Waals surface area contributed by atoms with Gasteiger partial charge in [-0.25, -0.2) is 13.4 Å². The fraction of sp³-hybridized carbons (Fsp3) is 0.235. The van der Waals surface area contributed by atoms with Crippen LogP contribution in [0.25, 0.3) is 10.7 Å². The Morgan fingerprint density at radius 1 is 1.20 bits per heavy atom. The van der Waals surface area contributed by atoms with Crippen LogP contribution in [0.5, 0.6) is 0 Å². The normalized spacial score (nSPS) is 15.8. The lowest BCUT2D eigenvalue weighted by atomic mass is 10.1. The lowest BCUT2D eigenvalue weighted by molar-refractivity contribution is -0.140. The SMILES string of the molecule is CC(C)C(=O)OC1=C(c2ccccc2Br)S(=O)(=O)Cc2nccnc21. The third-order valence-electron chi connectivity index (χ3n) is 3.63. The quantitative estimate of drug-likeness (QED) is 0.705. The van der Waals surface area contributed by atoms with Crippen LogP contribution >= 0.6 is 15.9 Å². The van der Waals surface area contributed by atoms with Gasteiger partial charge in [-0.1, -0.05) is 48.0 Å². The van der Waals surface area contributed by atoms with E-state index in [1.54, 1.807) is 38.1 Å². The second-order valence-electron chi connectivity index (χ2n) is 5.82. The number of aromatic nitrogens is 2. The number of carbonyl (C=O) groups excluding carboxylic acids is 1. The molecule has 0 amide bonds. The van der Waals surface area contributed by atoms with Crippen LogP contribution in [0.4, 0.5) is 0 Å². The lowest BCUT2D eigenvalue weighted by Crippen LogP contribution is -2.22. The summed E-state index contributed by atoms with van der Waals surface area (Å²) in [4.78, 5) is 20.4. The molecular weight excluding hydrogens is 408 g/mol. The van der Waals surface area contributed by atoms with Crippen molar-refractivity contribution in [3.05, 3.63) is 58.1 Å². The number of hydrogen-bond donors (Lipinski definition) is 0. The van der Waals surface area contributed by atoms with E-state index in [1.165, 1.54) is 12.4 Å². The first-order chi connectivity index (χ1) is 11.8. The van der Waals surface area contributed by atoms with Gasteiger partial charge >= 0.3 is 5.97 Å². The highest BCUT2D eigenvalue weighted by Crippen LogP contribution is 2.40. The molecule has 6 nitrogen and oxygen atoms in total. The van der Waals surface area contributed by atoms with Gasteiger partial charge in [-0.2, -0.15) is 0 Å². The highest BCUT2D eigenvalue weighted by Gasteiger charge is 2.37. The molecule has 1 aliphatic heterocycles. The second-order valence-corrected chi connectivity index (χ2v) is 8.61. The molecule has 0 spiro atoms. The topological polar surface area (TPSA) is 86.2 Å². The van der Waals surface area contributed by atoms with Crippen LogP contribution in [0, 0.1) is 5.92 Å². The third kappa shape index (κ3) is 3.36. The first-order valence-electron chi connectivity index (χ1n) is 7.55. The molecule has 1 aromatic carbocycles. The zero-order chi connectivity index (χ0) is 18.2. The Labute approximate surface area is 154 Å². The van der Waals surface area contributed by atoms with Gasteiger partial charge in [0, 0.05) is 22.4 Å². The van der Waals surface area contributed by atoms with Gasteiger partial charge in [0.1, 0.15) is 10.6 Å². The van der Waals surface area contributed by atoms with E-state index in [4.69, 9.17) is 4.74 Å². The van der Waals surface area contributed by atoms with Crippen molar-refractivity contribution in [1.29, 1.82) is 0 Å². The van der Waals surface area contributed by atoms with Crippen LogP contribution in [0.3, 0.4) is 0 Å². The summed E-state index contributed by atoms with van der Waals surface area (Å²) in [5.41, 5.74) is 0.965.